The molecule has 2 aromatic rings. The molecular formula is C17H20N2O3. The Bertz CT molecular complexity index is 680. The van der Waals surface area contributed by atoms with Crippen LogP contribution in [0.25, 0.3) is 0 Å². The highest BCUT2D eigenvalue weighted by atomic mass is 16.5. The zero-order valence-electron chi connectivity index (χ0n) is 12.7. The van der Waals surface area contributed by atoms with Gasteiger partial charge in [-0.1, -0.05) is 12.1 Å². The number of H-pyrrole nitrogens is 1. The third-order valence-corrected chi connectivity index (χ3v) is 4.20. The van der Waals surface area contributed by atoms with Crippen LogP contribution in [0.5, 0.6) is 5.75 Å². The van der Waals surface area contributed by atoms with Crippen LogP contribution in [0.2, 0.25) is 0 Å². The van der Waals surface area contributed by atoms with Gasteiger partial charge in [-0.3, -0.25) is 4.79 Å². The van der Waals surface area contributed by atoms with E-state index < -0.39 is 6.10 Å². The van der Waals surface area contributed by atoms with E-state index >= 15 is 0 Å². The topological polar surface area (TPSA) is 65.6 Å². The van der Waals surface area contributed by atoms with E-state index in [1.807, 2.05) is 31.2 Å². The molecule has 5 heteroatoms. The molecule has 0 spiro atoms. The lowest BCUT2D eigenvalue weighted by atomic mass is 10.0. The number of hydrogen-bond donors (Lipinski definition) is 2. The second-order valence-electron chi connectivity index (χ2n) is 5.66. The van der Waals surface area contributed by atoms with Crippen molar-refractivity contribution in [2.24, 2.45) is 0 Å². The van der Waals surface area contributed by atoms with Crippen molar-refractivity contribution >= 4 is 5.91 Å². The molecule has 0 radical (unpaired) electrons. The summed E-state index contributed by atoms with van der Waals surface area (Å²) >= 11 is 0. The normalized spacial score (nSPS) is 21.1. The number of methoxy groups -OCH3 is 1. The van der Waals surface area contributed by atoms with Crippen LogP contribution in [0.3, 0.4) is 0 Å². The Morgan fingerprint density at radius 2 is 2.23 bits per heavy atom. The SMILES string of the molecule is COc1cccc([C@H]2C[C@@H](O)CN2C(=O)c2cc[nH]c2C)c1. The number of β-amino-alcohol motifs (C(OH)–C–C–N with tert-alkyl or cyclic N) is 1. The molecule has 1 fully saturated rings. The summed E-state index contributed by atoms with van der Waals surface area (Å²) in [6, 6.07) is 9.32. The van der Waals surface area contributed by atoms with Crippen LogP contribution in [0.1, 0.15) is 34.1 Å². The Labute approximate surface area is 129 Å². The lowest BCUT2D eigenvalue weighted by Crippen LogP contribution is -2.32. The minimum Gasteiger partial charge on any atom is -0.497 e. The van der Waals surface area contributed by atoms with Crippen molar-refractivity contribution < 1.29 is 14.6 Å². The van der Waals surface area contributed by atoms with Gasteiger partial charge in [0.1, 0.15) is 5.75 Å². The lowest BCUT2D eigenvalue weighted by molar-refractivity contribution is 0.0715. The van der Waals surface area contributed by atoms with E-state index in [1.54, 1.807) is 24.3 Å². The molecule has 0 saturated carbocycles. The summed E-state index contributed by atoms with van der Waals surface area (Å²) < 4.78 is 5.26. The summed E-state index contributed by atoms with van der Waals surface area (Å²) in [6.07, 6.45) is 1.80. The zero-order chi connectivity index (χ0) is 15.7. The fraction of sp³-hybridized carbons (Fsp3) is 0.353. The van der Waals surface area contributed by atoms with Gasteiger partial charge in [0.05, 0.1) is 24.8 Å². The van der Waals surface area contributed by atoms with Gasteiger partial charge in [0.15, 0.2) is 0 Å². The molecule has 22 heavy (non-hydrogen) atoms. The van der Waals surface area contributed by atoms with E-state index in [4.69, 9.17) is 4.74 Å². The molecule has 0 aliphatic carbocycles. The van der Waals surface area contributed by atoms with Crippen LogP contribution in [0.4, 0.5) is 0 Å². The summed E-state index contributed by atoms with van der Waals surface area (Å²) in [6.45, 7) is 2.23. The minimum absolute atomic E-state index is 0.0527. The molecule has 1 aliphatic heterocycles. The second kappa shape index (κ2) is 5.85. The van der Waals surface area contributed by atoms with Gasteiger partial charge in [-0.15, -0.1) is 0 Å². The van der Waals surface area contributed by atoms with E-state index in [2.05, 4.69) is 4.98 Å². The molecule has 1 aromatic heterocycles. The molecule has 0 bridgehead atoms. The number of aryl methyl sites for hydroxylation is 1. The lowest BCUT2D eigenvalue weighted by Gasteiger charge is -2.25. The number of aromatic amines is 1. The maximum Gasteiger partial charge on any atom is 0.256 e. The van der Waals surface area contributed by atoms with Gasteiger partial charge < -0.3 is 19.7 Å². The molecule has 1 aliphatic rings. The number of nitrogens with one attached hydrogen (secondary N) is 1. The van der Waals surface area contributed by atoms with Crippen LogP contribution >= 0.6 is 0 Å². The summed E-state index contributed by atoms with van der Waals surface area (Å²) in [5.74, 6) is 0.701. The summed E-state index contributed by atoms with van der Waals surface area (Å²) in [4.78, 5) is 17.5. The molecule has 5 nitrogen and oxygen atoms in total. The number of carbonyl (C=O) groups is 1. The van der Waals surface area contributed by atoms with Gasteiger partial charge in [0.25, 0.3) is 5.91 Å². The van der Waals surface area contributed by atoms with Gasteiger partial charge in [-0.2, -0.15) is 0 Å². The molecule has 1 amide bonds. The quantitative estimate of drug-likeness (QED) is 0.914. The minimum atomic E-state index is -0.501. The third-order valence-electron chi connectivity index (χ3n) is 4.20. The first-order valence-corrected chi connectivity index (χ1v) is 7.37. The van der Waals surface area contributed by atoms with Crippen molar-refractivity contribution in [1.29, 1.82) is 0 Å². The predicted molar refractivity (Wildman–Crippen MR) is 82.9 cm³/mol. The Morgan fingerprint density at radius 3 is 2.91 bits per heavy atom. The maximum atomic E-state index is 12.8. The number of nitrogens with zero attached hydrogens (tertiary/aromatic N) is 1. The molecule has 2 atom stereocenters. The highest BCUT2D eigenvalue weighted by molar-refractivity contribution is 5.95. The molecule has 2 N–H and O–H groups in total. The number of aliphatic hydroxyl groups is 1. The van der Waals surface area contributed by atoms with Crippen molar-refractivity contribution in [3.63, 3.8) is 0 Å². The molecule has 3 rings (SSSR count). The number of carbonyl (C=O) groups excluding carboxylic acids is 1. The van der Waals surface area contributed by atoms with Crippen LogP contribution < -0.4 is 4.74 Å². The van der Waals surface area contributed by atoms with E-state index in [1.165, 1.54) is 0 Å². The molecule has 116 valence electrons. The summed E-state index contributed by atoms with van der Waals surface area (Å²) in [5.41, 5.74) is 2.48. The van der Waals surface area contributed by atoms with Gasteiger partial charge in [0.2, 0.25) is 0 Å². The Hall–Kier alpha value is -2.27. The predicted octanol–water partition coefficient (Wildman–Crippen LogP) is 2.28. The molecule has 1 saturated heterocycles. The van der Waals surface area contributed by atoms with Gasteiger partial charge >= 0.3 is 0 Å². The van der Waals surface area contributed by atoms with Gasteiger partial charge in [-0.05, 0) is 37.1 Å². The van der Waals surface area contributed by atoms with E-state index in [0.29, 0.717) is 18.5 Å². The number of hydrogen-bond acceptors (Lipinski definition) is 3. The first-order chi connectivity index (χ1) is 10.6. The van der Waals surface area contributed by atoms with Crippen LogP contribution in [-0.4, -0.2) is 40.7 Å². The van der Waals surface area contributed by atoms with Crippen molar-refractivity contribution in [3.05, 3.63) is 53.3 Å². The highest BCUT2D eigenvalue weighted by Crippen LogP contribution is 2.35. The number of ether oxygens (including phenoxy) is 1. The summed E-state index contributed by atoms with van der Waals surface area (Å²) in [7, 11) is 1.62. The van der Waals surface area contributed by atoms with Crippen LogP contribution in [-0.2, 0) is 0 Å². The van der Waals surface area contributed by atoms with Crippen molar-refractivity contribution in [2.75, 3.05) is 13.7 Å². The first-order valence-electron chi connectivity index (χ1n) is 7.37. The standard InChI is InChI=1S/C17H20N2O3/c1-11-15(6-7-18-11)17(21)19-10-13(20)9-16(19)12-4-3-5-14(8-12)22-2/h3-8,13,16,18,20H,9-10H2,1-2H3/t13-,16-/m1/s1. The average molecular weight is 300 g/mol. The van der Waals surface area contributed by atoms with Crippen molar-refractivity contribution in [2.45, 2.75) is 25.5 Å². The monoisotopic (exact) mass is 300 g/mol. The molecular weight excluding hydrogens is 280 g/mol. The average Bonchev–Trinajstić information content (AvgIpc) is 3.12. The first kappa shape index (κ1) is 14.7. The smallest absolute Gasteiger partial charge is 0.256 e. The van der Waals surface area contributed by atoms with Crippen molar-refractivity contribution in [1.82, 2.24) is 9.88 Å². The fourth-order valence-electron chi connectivity index (χ4n) is 3.04. The number of likely N-dealkylation sites (tertiary alicyclic amines) is 1. The molecule has 2 heterocycles. The Balaban J connectivity index is 1.92. The number of amides is 1. The highest BCUT2D eigenvalue weighted by Gasteiger charge is 2.36. The van der Waals surface area contributed by atoms with E-state index in [0.717, 1.165) is 17.0 Å². The molecule has 1 aromatic carbocycles. The Morgan fingerprint density at radius 1 is 1.41 bits per heavy atom. The van der Waals surface area contributed by atoms with E-state index in [9.17, 15) is 9.90 Å². The number of aromatic nitrogens is 1. The number of aliphatic hydroxyl groups excluding tert-OH is 1. The van der Waals surface area contributed by atoms with Gasteiger partial charge in [-0.25, -0.2) is 0 Å². The number of benzene rings is 1. The van der Waals surface area contributed by atoms with E-state index in [-0.39, 0.29) is 11.9 Å². The largest absolute Gasteiger partial charge is 0.497 e. The fourth-order valence-corrected chi connectivity index (χ4v) is 3.04. The Kier molecular flexibility index (Phi) is 3.90. The zero-order valence-corrected chi connectivity index (χ0v) is 12.7. The second-order valence-corrected chi connectivity index (χ2v) is 5.66. The maximum absolute atomic E-state index is 12.8. The third kappa shape index (κ3) is 2.60. The van der Waals surface area contributed by atoms with Crippen LogP contribution in [0, 0.1) is 6.92 Å². The van der Waals surface area contributed by atoms with Gasteiger partial charge in [0, 0.05) is 18.4 Å². The summed E-state index contributed by atoms with van der Waals surface area (Å²) in [5, 5.41) is 10.0. The number of rotatable bonds is 3. The molecule has 0 unspecified atom stereocenters. The van der Waals surface area contributed by atoms with Crippen LogP contribution in [0.15, 0.2) is 36.5 Å². The van der Waals surface area contributed by atoms with Crippen molar-refractivity contribution in [3.8, 4) is 5.75 Å².